The molecule has 77 valence electrons. The number of rotatable bonds is 0. The Balaban J connectivity index is 4.42. The molecule has 0 saturated heterocycles. The third kappa shape index (κ3) is 9.86. The Morgan fingerprint density at radius 3 is 1.21 bits per heavy atom. The molecule has 0 fully saturated rings. The highest BCUT2D eigenvalue weighted by Gasteiger charge is 2.09. The van der Waals surface area contributed by atoms with Crippen LogP contribution in [-0.2, 0) is 0 Å². The maximum atomic E-state index is 3.40. The fraction of sp³-hybridized carbons (Fsp3) is 0.636. The van der Waals surface area contributed by atoms with Gasteiger partial charge in [-0.3, -0.25) is 0 Å². The lowest BCUT2D eigenvalue weighted by Gasteiger charge is -2.05. The Hall–Kier alpha value is -0.229. The zero-order valence-corrected chi connectivity index (χ0v) is 13.5. The summed E-state index contributed by atoms with van der Waals surface area (Å²) in [5.41, 5.74) is 13.5. The largest absolute Gasteiger partial charge is 0.229 e. The van der Waals surface area contributed by atoms with Crippen LogP contribution in [0.1, 0.15) is 0 Å². The molecule has 0 amide bonds. The van der Waals surface area contributed by atoms with E-state index in [2.05, 4.69) is 68.0 Å². The van der Waals surface area contributed by atoms with Gasteiger partial charge in [-0.15, -0.1) is 22.2 Å². The highest BCUT2D eigenvalue weighted by atomic mass is 28.3. The maximum absolute atomic E-state index is 3.40. The molecule has 0 aromatic rings. The molecule has 0 aromatic heterocycles. The Kier molecular flexibility index (Phi) is 4.94. The SMILES string of the molecule is C[Si](C#C[Si](C)(C)C)C#C[Si](C)(C)C. The molecule has 0 unspecified atom stereocenters. The van der Waals surface area contributed by atoms with Gasteiger partial charge in [0.15, 0.2) is 0 Å². The van der Waals surface area contributed by atoms with Crippen molar-refractivity contribution in [2.45, 2.75) is 45.8 Å². The summed E-state index contributed by atoms with van der Waals surface area (Å²) in [6.07, 6.45) is 0. The summed E-state index contributed by atoms with van der Waals surface area (Å²) < 4.78 is 0. The van der Waals surface area contributed by atoms with E-state index in [0.717, 1.165) is 0 Å². The Morgan fingerprint density at radius 2 is 1.00 bits per heavy atom. The van der Waals surface area contributed by atoms with Gasteiger partial charge in [-0.1, -0.05) is 39.3 Å². The van der Waals surface area contributed by atoms with E-state index < -0.39 is 24.9 Å². The second-order valence-electron chi connectivity index (χ2n) is 5.62. The minimum atomic E-state index is -1.19. The van der Waals surface area contributed by atoms with Crippen molar-refractivity contribution in [3.63, 3.8) is 0 Å². The van der Waals surface area contributed by atoms with Crippen LogP contribution in [0.5, 0.6) is 0 Å². The fourth-order valence-corrected chi connectivity index (χ4v) is 5.16. The van der Waals surface area contributed by atoms with Gasteiger partial charge in [0, 0.05) is 0 Å². The van der Waals surface area contributed by atoms with Gasteiger partial charge in [0.2, 0.25) is 8.80 Å². The molecule has 0 atom stereocenters. The van der Waals surface area contributed by atoms with E-state index in [-0.39, 0.29) is 0 Å². The summed E-state index contributed by atoms with van der Waals surface area (Å²) in [7, 11) is -3.08. The van der Waals surface area contributed by atoms with E-state index in [9.17, 15) is 0 Å². The molecule has 3 heteroatoms. The van der Waals surface area contributed by atoms with Crippen molar-refractivity contribution in [2.24, 2.45) is 0 Å². The van der Waals surface area contributed by atoms with E-state index in [1.165, 1.54) is 0 Å². The zero-order valence-electron chi connectivity index (χ0n) is 10.5. The molecule has 14 heavy (non-hydrogen) atoms. The van der Waals surface area contributed by atoms with Gasteiger partial charge in [-0.25, -0.2) is 0 Å². The van der Waals surface area contributed by atoms with E-state index >= 15 is 0 Å². The molecule has 0 aliphatic carbocycles. The molecule has 0 nitrogen and oxygen atoms in total. The van der Waals surface area contributed by atoms with Crippen LogP contribution in [-0.4, -0.2) is 24.9 Å². The van der Waals surface area contributed by atoms with Crippen molar-refractivity contribution < 1.29 is 0 Å². The molecule has 0 aromatic carbocycles. The van der Waals surface area contributed by atoms with Gasteiger partial charge in [-0.2, -0.15) is 0 Å². The zero-order chi connectivity index (χ0) is 11.4. The topological polar surface area (TPSA) is 0 Å². The number of hydrogen-bond donors (Lipinski definition) is 0. The van der Waals surface area contributed by atoms with Crippen molar-refractivity contribution in [2.75, 3.05) is 0 Å². The minimum absolute atomic E-state index is 0.708. The quantitative estimate of drug-likeness (QED) is 0.449. The number of hydrogen-bond acceptors (Lipinski definition) is 0. The fourth-order valence-electron chi connectivity index (χ4n) is 0.594. The summed E-state index contributed by atoms with van der Waals surface area (Å²) in [5.74, 6) is 0. The average Bonchev–Trinajstić information content (AvgIpc) is 1.94. The molecule has 0 aliphatic heterocycles. The second kappa shape index (κ2) is 5.02. The Bertz CT molecular complexity index is 264. The molecule has 0 heterocycles. The average molecular weight is 238 g/mol. The van der Waals surface area contributed by atoms with Crippen LogP contribution < -0.4 is 0 Å². The lowest BCUT2D eigenvalue weighted by atomic mass is 11.3. The Morgan fingerprint density at radius 1 is 0.714 bits per heavy atom. The van der Waals surface area contributed by atoms with Gasteiger partial charge in [0.05, 0.1) is 0 Å². The molecular weight excluding hydrogens is 216 g/mol. The first kappa shape index (κ1) is 13.8. The lowest BCUT2D eigenvalue weighted by molar-refractivity contribution is 1.81. The first-order valence-corrected chi connectivity index (χ1v) is 14.0. The van der Waals surface area contributed by atoms with Gasteiger partial charge in [0.25, 0.3) is 0 Å². The van der Waals surface area contributed by atoms with Gasteiger partial charge in [-0.05, 0) is 6.55 Å². The first-order chi connectivity index (χ1) is 6.10. The molecule has 0 saturated carbocycles. The highest BCUT2D eigenvalue weighted by Crippen LogP contribution is 1.98. The van der Waals surface area contributed by atoms with Gasteiger partial charge < -0.3 is 0 Å². The molecule has 0 spiro atoms. The van der Waals surface area contributed by atoms with Crippen molar-refractivity contribution in [1.82, 2.24) is 0 Å². The van der Waals surface area contributed by atoms with Crippen molar-refractivity contribution in [3.05, 3.63) is 0 Å². The maximum Gasteiger partial charge on any atom is 0.229 e. The van der Waals surface area contributed by atoms with E-state index in [0.29, 0.717) is 0 Å². The van der Waals surface area contributed by atoms with Gasteiger partial charge >= 0.3 is 0 Å². The summed E-state index contributed by atoms with van der Waals surface area (Å²) >= 11 is 0. The standard InChI is InChI=1S/C11H21Si3/c1-12(8-10-13(2,3)4)9-11-14(5,6)7/h1-7H3. The van der Waals surface area contributed by atoms with E-state index in [1.807, 2.05) is 0 Å². The third-order valence-electron chi connectivity index (χ3n) is 1.25. The summed E-state index contributed by atoms with van der Waals surface area (Å²) in [6.45, 7) is 15.9. The van der Waals surface area contributed by atoms with Crippen LogP contribution in [0.15, 0.2) is 0 Å². The molecule has 0 N–H and O–H groups in total. The predicted molar refractivity (Wildman–Crippen MR) is 73.9 cm³/mol. The third-order valence-corrected chi connectivity index (χ3v) is 4.50. The van der Waals surface area contributed by atoms with Crippen molar-refractivity contribution >= 4 is 24.9 Å². The summed E-state index contributed by atoms with van der Waals surface area (Å²) in [6, 6.07) is 0. The normalized spacial score (nSPS) is 11.4. The summed E-state index contributed by atoms with van der Waals surface area (Å²) in [4.78, 5) is 0. The van der Waals surface area contributed by atoms with Crippen LogP contribution in [0.2, 0.25) is 45.8 Å². The monoisotopic (exact) mass is 237 g/mol. The first-order valence-electron chi connectivity index (χ1n) is 5.00. The predicted octanol–water partition coefficient (Wildman–Crippen LogP) is 2.95. The molecule has 0 bridgehead atoms. The second-order valence-corrected chi connectivity index (χ2v) is 16.9. The van der Waals surface area contributed by atoms with E-state index in [1.54, 1.807) is 0 Å². The van der Waals surface area contributed by atoms with Crippen LogP contribution in [0, 0.1) is 22.2 Å². The van der Waals surface area contributed by atoms with Crippen LogP contribution in [0.4, 0.5) is 0 Å². The van der Waals surface area contributed by atoms with Crippen LogP contribution in [0.25, 0.3) is 0 Å². The molecule has 1 radical (unpaired) electrons. The van der Waals surface area contributed by atoms with Gasteiger partial charge in [0.1, 0.15) is 16.1 Å². The van der Waals surface area contributed by atoms with Crippen molar-refractivity contribution in [1.29, 1.82) is 0 Å². The summed E-state index contributed by atoms with van der Waals surface area (Å²) in [5, 5.41) is 0. The molecule has 0 aliphatic rings. The van der Waals surface area contributed by atoms with Crippen LogP contribution >= 0.6 is 0 Å². The lowest BCUT2D eigenvalue weighted by Crippen LogP contribution is -2.19. The van der Waals surface area contributed by atoms with E-state index in [4.69, 9.17) is 0 Å². The smallest absolute Gasteiger partial charge is 0.138 e. The molecule has 0 rings (SSSR count). The van der Waals surface area contributed by atoms with Crippen LogP contribution in [0.3, 0.4) is 0 Å². The minimum Gasteiger partial charge on any atom is -0.138 e. The van der Waals surface area contributed by atoms with Crippen molar-refractivity contribution in [3.8, 4) is 22.2 Å². The Labute approximate surface area is 93.1 Å². The molecular formula is C11H21Si3. The highest BCUT2D eigenvalue weighted by molar-refractivity contribution is 6.88.